The van der Waals surface area contributed by atoms with Gasteiger partial charge in [0.2, 0.25) is 5.91 Å². The summed E-state index contributed by atoms with van der Waals surface area (Å²) in [4.78, 5) is 14.0. The second-order valence-electron chi connectivity index (χ2n) is 5.07. The van der Waals surface area contributed by atoms with Crippen molar-refractivity contribution in [2.45, 2.75) is 38.8 Å². The van der Waals surface area contributed by atoms with E-state index in [1.165, 1.54) is 6.42 Å². The largest absolute Gasteiger partial charge is 0.369 e. The third-order valence-electron chi connectivity index (χ3n) is 3.54. The maximum atomic E-state index is 12.0. The minimum atomic E-state index is 0.131. The zero-order chi connectivity index (χ0) is 11.5. The number of carbonyl (C=O) groups is 1. The predicted octanol–water partition coefficient (Wildman–Crippen LogP) is 0.622. The lowest BCUT2D eigenvalue weighted by atomic mass is 9.92. The average Bonchev–Trinajstić information content (AvgIpc) is 2.73. The van der Waals surface area contributed by atoms with Crippen LogP contribution in [0.2, 0.25) is 0 Å². The fourth-order valence-corrected chi connectivity index (χ4v) is 2.70. The summed E-state index contributed by atoms with van der Waals surface area (Å²) in [6.45, 7) is 7.09. The Morgan fingerprint density at radius 2 is 2.31 bits per heavy atom. The van der Waals surface area contributed by atoms with E-state index >= 15 is 0 Å². The first-order chi connectivity index (χ1) is 7.68. The van der Waals surface area contributed by atoms with E-state index in [2.05, 4.69) is 5.32 Å². The van der Waals surface area contributed by atoms with Crippen LogP contribution in [-0.2, 0) is 9.53 Å². The fraction of sp³-hybridized carbons (Fsp3) is 0.917. The molecular weight excluding hydrogens is 204 g/mol. The number of likely N-dealkylation sites (tertiary alicyclic amines) is 1. The molecule has 2 rings (SSSR count). The number of hydrogen-bond donors (Lipinski definition) is 1. The summed E-state index contributed by atoms with van der Waals surface area (Å²) in [5.74, 6) is 0.823. The molecule has 4 heteroatoms. The lowest BCUT2D eigenvalue weighted by molar-refractivity contribution is -0.141. The molecule has 2 unspecified atom stereocenters. The molecule has 0 spiro atoms. The quantitative estimate of drug-likeness (QED) is 0.767. The Kier molecular flexibility index (Phi) is 3.82. The predicted molar refractivity (Wildman–Crippen MR) is 62.2 cm³/mol. The molecule has 0 aromatic rings. The van der Waals surface area contributed by atoms with Crippen molar-refractivity contribution in [2.24, 2.45) is 5.92 Å². The Hall–Kier alpha value is -0.610. The lowest BCUT2D eigenvalue weighted by Crippen LogP contribution is -2.49. The van der Waals surface area contributed by atoms with Crippen LogP contribution < -0.4 is 5.32 Å². The maximum Gasteiger partial charge on any atom is 0.248 e. The number of ether oxygens (including phenoxy) is 1. The first-order valence-corrected chi connectivity index (χ1v) is 6.30. The van der Waals surface area contributed by atoms with E-state index in [0.29, 0.717) is 12.0 Å². The number of fused-ring (bicyclic) bond motifs is 1. The van der Waals surface area contributed by atoms with Crippen LogP contribution in [0, 0.1) is 5.92 Å². The monoisotopic (exact) mass is 226 g/mol. The van der Waals surface area contributed by atoms with Crippen LogP contribution in [-0.4, -0.2) is 49.2 Å². The summed E-state index contributed by atoms with van der Waals surface area (Å²) in [5.41, 5.74) is 0. The van der Waals surface area contributed by atoms with Crippen molar-refractivity contribution in [1.82, 2.24) is 10.2 Å². The van der Waals surface area contributed by atoms with Crippen molar-refractivity contribution in [3.63, 3.8) is 0 Å². The molecule has 0 saturated carbocycles. The summed E-state index contributed by atoms with van der Waals surface area (Å²) >= 11 is 0. The lowest BCUT2D eigenvalue weighted by Gasteiger charge is -2.37. The van der Waals surface area contributed by atoms with Gasteiger partial charge in [-0.3, -0.25) is 4.79 Å². The van der Waals surface area contributed by atoms with Gasteiger partial charge in [-0.15, -0.1) is 0 Å². The fourth-order valence-electron chi connectivity index (χ4n) is 2.70. The molecule has 16 heavy (non-hydrogen) atoms. The van der Waals surface area contributed by atoms with E-state index in [9.17, 15) is 4.79 Å². The molecule has 0 bridgehead atoms. The Bertz CT molecular complexity index is 255. The first kappa shape index (κ1) is 11.9. The molecular formula is C12H22N2O2. The van der Waals surface area contributed by atoms with Crippen molar-refractivity contribution < 1.29 is 9.53 Å². The Balaban J connectivity index is 1.89. The molecule has 0 aromatic heterocycles. The summed E-state index contributed by atoms with van der Waals surface area (Å²) in [6.07, 6.45) is 2.52. The van der Waals surface area contributed by atoms with E-state index in [-0.39, 0.29) is 18.6 Å². The summed E-state index contributed by atoms with van der Waals surface area (Å²) < 4.78 is 5.39. The topological polar surface area (TPSA) is 41.6 Å². The number of nitrogens with one attached hydrogen (secondary N) is 1. The second-order valence-corrected chi connectivity index (χ2v) is 5.07. The van der Waals surface area contributed by atoms with E-state index in [0.717, 1.165) is 26.1 Å². The van der Waals surface area contributed by atoms with Crippen LogP contribution in [0.5, 0.6) is 0 Å². The highest BCUT2D eigenvalue weighted by Crippen LogP contribution is 2.26. The highest BCUT2D eigenvalue weighted by atomic mass is 16.5. The van der Waals surface area contributed by atoms with Gasteiger partial charge in [-0.05, 0) is 32.6 Å². The van der Waals surface area contributed by atoms with Gasteiger partial charge in [0, 0.05) is 25.7 Å². The molecule has 92 valence electrons. The zero-order valence-corrected chi connectivity index (χ0v) is 10.2. The van der Waals surface area contributed by atoms with Crippen molar-refractivity contribution in [1.29, 1.82) is 0 Å². The highest BCUT2D eigenvalue weighted by Gasteiger charge is 2.37. The minimum Gasteiger partial charge on any atom is -0.369 e. The molecule has 2 fully saturated rings. The third kappa shape index (κ3) is 2.55. The standard InChI is InChI=1S/C12H22N2O2/c1-9(2)16-8-12(15)14-5-3-4-10-6-13-7-11(10)14/h9-11,13H,3-8H2,1-2H3. The third-order valence-corrected chi connectivity index (χ3v) is 3.54. The van der Waals surface area contributed by atoms with Crippen LogP contribution in [0.4, 0.5) is 0 Å². The molecule has 2 heterocycles. The van der Waals surface area contributed by atoms with Gasteiger partial charge in [0.15, 0.2) is 0 Å². The van der Waals surface area contributed by atoms with Crippen molar-refractivity contribution in [3.05, 3.63) is 0 Å². The molecule has 0 radical (unpaired) electrons. The molecule has 2 atom stereocenters. The summed E-state index contributed by atoms with van der Waals surface area (Å²) in [5, 5.41) is 3.38. The van der Waals surface area contributed by atoms with Gasteiger partial charge < -0.3 is 15.0 Å². The van der Waals surface area contributed by atoms with Gasteiger partial charge in [0.25, 0.3) is 0 Å². The Morgan fingerprint density at radius 3 is 3.06 bits per heavy atom. The molecule has 4 nitrogen and oxygen atoms in total. The summed E-state index contributed by atoms with van der Waals surface area (Å²) in [7, 11) is 0. The summed E-state index contributed by atoms with van der Waals surface area (Å²) in [6, 6.07) is 0.414. The molecule has 1 N–H and O–H groups in total. The SMILES string of the molecule is CC(C)OCC(=O)N1CCCC2CNCC21. The molecule has 2 saturated heterocycles. The molecule has 0 aliphatic carbocycles. The molecule has 1 amide bonds. The molecule has 2 aliphatic rings. The van der Waals surface area contributed by atoms with Crippen molar-refractivity contribution in [3.8, 4) is 0 Å². The van der Waals surface area contributed by atoms with Gasteiger partial charge in [-0.2, -0.15) is 0 Å². The Labute approximate surface area is 97.3 Å². The molecule has 2 aliphatic heterocycles. The van der Waals surface area contributed by atoms with Gasteiger partial charge in [-0.25, -0.2) is 0 Å². The number of amides is 1. The van der Waals surface area contributed by atoms with Crippen molar-refractivity contribution in [2.75, 3.05) is 26.2 Å². The van der Waals surface area contributed by atoms with E-state index in [1.807, 2.05) is 18.7 Å². The minimum absolute atomic E-state index is 0.131. The van der Waals surface area contributed by atoms with Crippen LogP contribution >= 0.6 is 0 Å². The van der Waals surface area contributed by atoms with Gasteiger partial charge in [-0.1, -0.05) is 0 Å². The average molecular weight is 226 g/mol. The number of piperidine rings is 1. The van der Waals surface area contributed by atoms with Gasteiger partial charge in [0.1, 0.15) is 6.61 Å². The maximum absolute atomic E-state index is 12.0. The van der Waals surface area contributed by atoms with Crippen molar-refractivity contribution >= 4 is 5.91 Å². The van der Waals surface area contributed by atoms with Crippen LogP contribution in [0.25, 0.3) is 0 Å². The van der Waals surface area contributed by atoms with Crippen LogP contribution in [0.3, 0.4) is 0 Å². The number of hydrogen-bond acceptors (Lipinski definition) is 3. The van der Waals surface area contributed by atoms with Crippen LogP contribution in [0.1, 0.15) is 26.7 Å². The van der Waals surface area contributed by atoms with Gasteiger partial charge in [0.05, 0.1) is 6.10 Å². The van der Waals surface area contributed by atoms with E-state index in [1.54, 1.807) is 0 Å². The smallest absolute Gasteiger partial charge is 0.248 e. The number of carbonyl (C=O) groups excluding carboxylic acids is 1. The Morgan fingerprint density at radius 1 is 1.50 bits per heavy atom. The van der Waals surface area contributed by atoms with Gasteiger partial charge >= 0.3 is 0 Å². The van der Waals surface area contributed by atoms with E-state index in [4.69, 9.17) is 4.74 Å². The van der Waals surface area contributed by atoms with E-state index < -0.39 is 0 Å². The second kappa shape index (κ2) is 5.15. The molecule has 0 aromatic carbocycles. The highest BCUT2D eigenvalue weighted by molar-refractivity contribution is 5.78. The zero-order valence-electron chi connectivity index (χ0n) is 10.2. The number of nitrogens with zero attached hydrogens (tertiary/aromatic N) is 1. The van der Waals surface area contributed by atoms with Crippen LogP contribution in [0.15, 0.2) is 0 Å². The number of rotatable bonds is 3. The first-order valence-electron chi connectivity index (χ1n) is 6.30. The normalized spacial score (nSPS) is 29.6.